The van der Waals surface area contributed by atoms with Crippen molar-refractivity contribution < 1.29 is 24.9 Å². The van der Waals surface area contributed by atoms with Crippen molar-refractivity contribution in [2.45, 2.75) is 32.0 Å². The van der Waals surface area contributed by atoms with Gasteiger partial charge in [0.25, 0.3) is 0 Å². The number of phenolic OH excluding ortho intramolecular Hbond substituents is 2. The van der Waals surface area contributed by atoms with Crippen molar-refractivity contribution in [2.75, 3.05) is 0 Å². The van der Waals surface area contributed by atoms with Gasteiger partial charge in [-0.3, -0.25) is 4.79 Å². The molecule has 1 atom stereocenters. The van der Waals surface area contributed by atoms with E-state index >= 15 is 0 Å². The van der Waals surface area contributed by atoms with Crippen LogP contribution in [0.5, 0.6) is 17.2 Å². The third-order valence-corrected chi connectivity index (χ3v) is 4.39. The molecule has 2 aromatic rings. The Hall–Kier alpha value is -2.79. The normalized spacial score (nSPS) is 18.6. The monoisotopic (exact) mass is 340 g/mol. The molecule has 5 heteroatoms. The second-order valence-electron chi connectivity index (χ2n) is 6.63. The number of rotatable bonds is 3. The summed E-state index contributed by atoms with van der Waals surface area (Å²) in [6.07, 6.45) is 2.20. The fourth-order valence-corrected chi connectivity index (χ4v) is 2.81. The topological polar surface area (TPSA) is 87.0 Å². The van der Waals surface area contributed by atoms with Gasteiger partial charge in [-0.2, -0.15) is 0 Å². The van der Waals surface area contributed by atoms with Crippen LogP contribution in [0.3, 0.4) is 0 Å². The number of carbonyl (C=O) groups is 1. The van der Waals surface area contributed by atoms with E-state index in [0.29, 0.717) is 5.56 Å². The molecule has 5 nitrogen and oxygen atoms in total. The van der Waals surface area contributed by atoms with Gasteiger partial charge in [-0.15, -0.1) is 0 Å². The molecule has 130 valence electrons. The third-order valence-electron chi connectivity index (χ3n) is 4.39. The number of phenols is 2. The van der Waals surface area contributed by atoms with Gasteiger partial charge in [-0.05, 0) is 25.5 Å². The summed E-state index contributed by atoms with van der Waals surface area (Å²) in [6, 6.07) is 10.5. The Balaban J connectivity index is 1.97. The number of hydrogen-bond acceptors (Lipinski definition) is 5. The van der Waals surface area contributed by atoms with Gasteiger partial charge in [0.15, 0.2) is 5.78 Å². The Morgan fingerprint density at radius 2 is 1.92 bits per heavy atom. The molecule has 1 heterocycles. The molecule has 3 rings (SSSR count). The maximum absolute atomic E-state index is 12.4. The first kappa shape index (κ1) is 17.0. The van der Waals surface area contributed by atoms with Crippen molar-refractivity contribution in [1.29, 1.82) is 0 Å². The number of ether oxygens (including phenoxy) is 1. The molecule has 0 saturated carbocycles. The summed E-state index contributed by atoms with van der Waals surface area (Å²) in [7, 11) is 0. The van der Waals surface area contributed by atoms with Crippen molar-refractivity contribution in [3.8, 4) is 17.2 Å². The van der Waals surface area contributed by atoms with Gasteiger partial charge < -0.3 is 20.1 Å². The lowest BCUT2D eigenvalue weighted by molar-refractivity contribution is -0.0418. The fraction of sp³-hybridized carbons (Fsp3) is 0.250. The van der Waals surface area contributed by atoms with Crippen molar-refractivity contribution in [3.63, 3.8) is 0 Å². The maximum atomic E-state index is 12.4. The molecular weight excluding hydrogens is 320 g/mol. The molecule has 0 aliphatic carbocycles. The zero-order valence-electron chi connectivity index (χ0n) is 14.1. The van der Waals surface area contributed by atoms with Crippen LogP contribution in [0, 0.1) is 0 Å². The lowest BCUT2D eigenvalue weighted by Gasteiger charge is -2.37. The summed E-state index contributed by atoms with van der Waals surface area (Å²) in [5.74, 6) is -0.965. The molecule has 0 saturated heterocycles. The average Bonchev–Trinajstić information content (AvgIpc) is 2.56. The minimum atomic E-state index is -0.843. The molecule has 0 spiro atoms. The first-order chi connectivity index (χ1) is 11.8. The summed E-state index contributed by atoms with van der Waals surface area (Å²) in [5.41, 5.74) is 0.112. The number of benzene rings is 2. The van der Waals surface area contributed by atoms with Gasteiger partial charge in [-0.25, -0.2) is 0 Å². The maximum Gasteiger partial charge on any atom is 0.193 e. The predicted octanol–water partition coefficient (Wildman–Crippen LogP) is 3.07. The molecule has 2 aromatic carbocycles. The Morgan fingerprint density at radius 1 is 1.24 bits per heavy atom. The van der Waals surface area contributed by atoms with E-state index in [2.05, 4.69) is 0 Å². The van der Waals surface area contributed by atoms with Gasteiger partial charge in [0.1, 0.15) is 28.4 Å². The number of fused-ring (bicyclic) bond motifs is 1. The van der Waals surface area contributed by atoms with Gasteiger partial charge in [-0.1, -0.05) is 36.4 Å². The van der Waals surface area contributed by atoms with Crippen LogP contribution < -0.4 is 4.74 Å². The van der Waals surface area contributed by atoms with Gasteiger partial charge in [0.05, 0.1) is 6.10 Å². The Kier molecular flexibility index (Phi) is 4.27. The summed E-state index contributed by atoms with van der Waals surface area (Å²) < 4.78 is 5.66. The van der Waals surface area contributed by atoms with E-state index < -0.39 is 17.5 Å². The molecular formula is C20H20O5. The van der Waals surface area contributed by atoms with Crippen molar-refractivity contribution in [2.24, 2.45) is 0 Å². The van der Waals surface area contributed by atoms with Gasteiger partial charge in [0, 0.05) is 18.1 Å². The molecule has 0 radical (unpaired) electrons. The summed E-state index contributed by atoms with van der Waals surface area (Å²) >= 11 is 0. The van der Waals surface area contributed by atoms with E-state index in [1.165, 1.54) is 12.1 Å². The van der Waals surface area contributed by atoms with Crippen LogP contribution in [-0.2, 0) is 6.42 Å². The molecule has 1 aliphatic rings. The molecule has 3 N–H and O–H groups in total. The van der Waals surface area contributed by atoms with Crippen LogP contribution in [0.25, 0.3) is 6.08 Å². The average molecular weight is 340 g/mol. The van der Waals surface area contributed by atoms with Crippen molar-refractivity contribution in [3.05, 3.63) is 59.2 Å². The number of ketones is 1. The quantitative estimate of drug-likeness (QED) is 0.590. The molecule has 0 fully saturated rings. The number of carbonyl (C=O) groups excluding carboxylic acids is 1. The van der Waals surface area contributed by atoms with E-state index in [-0.39, 0.29) is 29.2 Å². The van der Waals surface area contributed by atoms with Crippen LogP contribution in [0.4, 0.5) is 0 Å². The third kappa shape index (κ3) is 3.23. The van der Waals surface area contributed by atoms with Gasteiger partial charge >= 0.3 is 0 Å². The minimum Gasteiger partial charge on any atom is -0.507 e. The van der Waals surface area contributed by atoms with E-state index in [0.717, 1.165) is 5.56 Å². The first-order valence-corrected chi connectivity index (χ1v) is 8.02. The Labute approximate surface area is 145 Å². The van der Waals surface area contributed by atoms with Crippen LogP contribution in [0.1, 0.15) is 35.3 Å². The second-order valence-corrected chi connectivity index (χ2v) is 6.63. The standard InChI is InChI=1S/C20H20O5/c1-20(2)17(23)10-13-16(25-20)11-15(22)18(19(13)24)14(21)9-8-12-6-4-3-5-7-12/h3-9,11,17,22-24H,10H2,1-2H3/b9-8+/t17-/m0/s1. The fourth-order valence-electron chi connectivity index (χ4n) is 2.81. The molecule has 25 heavy (non-hydrogen) atoms. The SMILES string of the molecule is CC1(C)Oc2cc(O)c(C(=O)/C=C/c3ccccc3)c(O)c2C[C@@H]1O. The largest absolute Gasteiger partial charge is 0.507 e. The van der Waals surface area contributed by atoms with E-state index in [1.807, 2.05) is 30.3 Å². The highest BCUT2D eigenvalue weighted by Crippen LogP contribution is 2.44. The first-order valence-electron chi connectivity index (χ1n) is 8.02. The molecule has 0 bridgehead atoms. The number of aliphatic hydroxyl groups is 1. The highest BCUT2D eigenvalue weighted by Gasteiger charge is 2.38. The smallest absolute Gasteiger partial charge is 0.193 e. The van der Waals surface area contributed by atoms with Crippen LogP contribution in [0.15, 0.2) is 42.5 Å². The Morgan fingerprint density at radius 3 is 2.60 bits per heavy atom. The molecule has 1 aliphatic heterocycles. The van der Waals surface area contributed by atoms with Crippen LogP contribution in [-0.4, -0.2) is 32.8 Å². The second kappa shape index (κ2) is 6.26. The predicted molar refractivity (Wildman–Crippen MR) is 94.0 cm³/mol. The minimum absolute atomic E-state index is 0.136. The van der Waals surface area contributed by atoms with Gasteiger partial charge in [0.2, 0.25) is 0 Å². The number of allylic oxidation sites excluding steroid dienone is 1. The highest BCUT2D eigenvalue weighted by molar-refractivity contribution is 6.10. The summed E-state index contributed by atoms with van der Waals surface area (Å²) in [5, 5.41) is 30.8. The van der Waals surface area contributed by atoms with Crippen LogP contribution >= 0.6 is 0 Å². The lowest BCUT2D eigenvalue weighted by atomic mass is 9.89. The summed E-state index contributed by atoms with van der Waals surface area (Å²) in [4.78, 5) is 12.4. The zero-order valence-corrected chi connectivity index (χ0v) is 14.1. The van der Waals surface area contributed by atoms with Crippen LogP contribution in [0.2, 0.25) is 0 Å². The van der Waals surface area contributed by atoms with Crippen molar-refractivity contribution >= 4 is 11.9 Å². The number of aromatic hydroxyl groups is 2. The summed E-state index contributed by atoms with van der Waals surface area (Å²) in [6.45, 7) is 3.44. The Bertz CT molecular complexity index is 837. The lowest BCUT2D eigenvalue weighted by Crippen LogP contribution is -2.46. The molecule has 0 unspecified atom stereocenters. The van der Waals surface area contributed by atoms with E-state index in [4.69, 9.17) is 4.74 Å². The number of hydrogen-bond donors (Lipinski definition) is 3. The molecule has 0 aromatic heterocycles. The highest BCUT2D eigenvalue weighted by atomic mass is 16.5. The van der Waals surface area contributed by atoms with E-state index in [1.54, 1.807) is 19.9 Å². The van der Waals surface area contributed by atoms with Crippen molar-refractivity contribution in [1.82, 2.24) is 0 Å². The van der Waals surface area contributed by atoms with E-state index in [9.17, 15) is 20.1 Å². The number of aliphatic hydroxyl groups excluding tert-OH is 1. The zero-order chi connectivity index (χ0) is 18.2. The molecule has 0 amide bonds.